The molecular formula is C32H24N6O2S2. The Morgan fingerprint density at radius 3 is 1.79 bits per heavy atom. The summed E-state index contributed by atoms with van der Waals surface area (Å²) < 4.78 is 0. The molecule has 0 spiro atoms. The fourth-order valence-corrected chi connectivity index (χ4v) is 5.91. The molecule has 42 heavy (non-hydrogen) atoms. The lowest BCUT2D eigenvalue weighted by molar-refractivity contribution is 0.934. The summed E-state index contributed by atoms with van der Waals surface area (Å²) in [5.74, 6) is 1.15. The van der Waals surface area contributed by atoms with Crippen LogP contribution < -0.4 is 11.1 Å². The van der Waals surface area contributed by atoms with E-state index in [2.05, 4.69) is 24.8 Å². The Labute approximate surface area is 250 Å². The highest BCUT2D eigenvalue weighted by atomic mass is 32.2. The van der Waals surface area contributed by atoms with Gasteiger partial charge in [0.05, 0.1) is 18.0 Å². The molecule has 0 aliphatic rings. The molecule has 0 bridgehead atoms. The molecule has 0 atom stereocenters. The molecule has 5 rings (SSSR count). The van der Waals surface area contributed by atoms with Crippen LogP contribution >= 0.6 is 23.5 Å². The molecule has 206 valence electrons. The maximum atomic E-state index is 12.6. The van der Waals surface area contributed by atoms with Crippen LogP contribution in [0.3, 0.4) is 0 Å². The number of aromatic nitrogens is 4. The number of nitrogens with zero attached hydrogens (tertiary/aromatic N) is 4. The van der Waals surface area contributed by atoms with Crippen molar-refractivity contribution in [1.29, 1.82) is 5.26 Å². The number of H-pyrrole nitrogens is 2. The van der Waals surface area contributed by atoms with Gasteiger partial charge < -0.3 is 9.97 Å². The van der Waals surface area contributed by atoms with Gasteiger partial charge in [-0.3, -0.25) is 9.59 Å². The molecule has 2 aromatic heterocycles. The van der Waals surface area contributed by atoms with E-state index >= 15 is 0 Å². The molecule has 2 heterocycles. The van der Waals surface area contributed by atoms with Gasteiger partial charge in [-0.25, -0.2) is 14.8 Å². The molecule has 5 aromatic rings. The van der Waals surface area contributed by atoms with Crippen LogP contribution in [0.1, 0.15) is 27.8 Å². The minimum Gasteiger partial charge on any atom is -0.311 e. The van der Waals surface area contributed by atoms with Crippen LogP contribution in [0.2, 0.25) is 0 Å². The number of hydrogen-bond donors (Lipinski definition) is 2. The van der Waals surface area contributed by atoms with E-state index < -0.39 is 11.1 Å². The first-order chi connectivity index (χ1) is 20.3. The van der Waals surface area contributed by atoms with Crippen LogP contribution in [0.15, 0.2) is 92.7 Å². The fourth-order valence-electron chi connectivity index (χ4n) is 4.27. The highest BCUT2D eigenvalue weighted by Gasteiger charge is 2.15. The van der Waals surface area contributed by atoms with E-state index in [4.69, 9.17) is 6.57 Å². The highest BCUT2D eigenvalue weighted by molar-refractivity contribution is 7.98. The Hall–Kier alpha value is -4.90. The van der Waals surface area contributed by atoms with Crippen molar-refractivity contribution in [2.45, 2.75) is 35.7 Å². The third-order valence-electron chi connectivity index (χ3n) is 6.35. The third-order valence-corrected chi connectivity index (χ3v) is 8.24. The molecule has 0 fully saturated rings. The normalized spacial score (nSPS) is 10.7. The Morgan fingerprint density at radius 1 is 0.786 bits per heavy atom. The minimum atomic E-state index is -0.458. The zero-order valence-electron chi connectivity index (χ0n) is 22.8. The zero-order valence-corrected chi connectivity index (χ0v) is 24.4. The molecular weight excluding hydrogens is 565 g/mol. The Kier molecular flexibility index (Phi) is 8.68. The molecule has 8 nitrogen and oxygen atoms in total. The smallest absolute Gasteiger partial charge is 0.276 e. The second-order valence-corrected chi connectivity index (χ2v) is 11.4. The number of nitriles is 1. The van der Waals surface area contributed by atoms with Crippen LogP contribution in [0.5, 0.6) is 0 Å². The average Bonchev–Trinajstić information content (AvgIpc) is 2.99. The Balaban J connectivity index is 1.28. The number of thioether (sulfide) groups is 2. The minimum absolute atomic E-state index is 0.00244. The van der Waals surface area contributed by atoms with E-state index in [1.54, 1.807) is 0 Å². The summed E-state index contributed by atoms with van der Waals surface area (Å²) in [7, 11) is 0. The predicted octanol–water partition coefficient (Wildman–Crippen LogP) is 6.81. The Bertz CT molecular complexity index is 1840. The molecule has 10 heteroatoms. The number of hydrogen-bond acceptors (Lipinski definition) is 7. The lowest BCUT2D eigenvalue weighted by atomic mass is 10.1. The lowest BCUT2D eigenvalue weighted by Crippen LogP contribution is -2.14. The van der Waals surface area contributed by atoms with E-state index in [9.17, 15) is 14.9 Å². The lowest BCUT2D eigenvalue weighted by Gasteiger charge is -2.09. The molecule has 3 aromatic carbocycles. The van der Waals surface area contributed by atoms with Crippen molar-refractivity contribution < 1.29 is 0 Å². The van der Waals surface area contributed by atoms with Crippen LogP contribution in [0.4, 0.5) is 5.69 Å². The van der Waals surface area contributed by atoms with Crippen molar-refractivity contribution in [3.63, 3.8) is 0 Å². The van der Waals surface area contributed by atoms with E-state index in [0.29, 0.717) is 33.2 Å². The summed E-state index contributed by atoms with van der Waals surface area (Å²) in [5.41, 5.74) is 5.40. The van der Waals surface area contributed by atoms with Crippen molar-refractivity contribution in [3.05, 3.63) is 133 Å². The number of nitrogens with one attached hydrogen (secondary N) is 2. The van der Waals surface area contributed by atoms with Crippen LogP contribution in [-0.4, -0.2) is 19.9 Å². The van der Waals surface area contributed by atoms with Gasteiger partial charge in [0.25, 0.3) is 16.8 Å². The van der Waals surface area contributed by atoms with Gasteiger partial charge in [0.1, 0.15) is 11.6 Å². The van der Waals surface area contributed by atoms with Crippen LogP contribution in [0, 0.1) is 31.8 Å². The number of rotatable bonds is 8. The van der Waals surface area contributed by atoms with Crippen LogP contribution in [-0.2, 0) is 11.5 Å². The van der Waals surface area contributed by atoms with Crippen molar-refractivity contribution >= 4 is 29.2 Å². The Morgan fingerprint density at radius 2 is 1.29 bits per heavy atom. The van der Waals surface area contributed by atoms with Crippen molar-refractivity contribution in [1.82, 2.24) is 19.9 Å². The zero-order chi connectivity index (χ0) is 29.6. The van der Waals surface area contributed by atoms with Gasteiger partial charge in [0, 0.05) is 17.1 Å². The highest BCUT2D eigenvalue weighted by Crippen LogP contribution is 2.29. The van der Waals surface area contributed by atoms with Crippen LogP contribution in [0.25, 0.3) is 27.4 Å². The quantitative estimate of drug-likeness (QED) is 0.116. The summed E-state index contributed by atoms with van der Waals surface area (Å²) in [4.78, 5) is 43.2. The van der Waals surface area contributed by atoms with Gasteiger partial charge in [-0.05, 0) is 36.6 Å². The number of benzene rings is 3. The molecule has 0 radical (unpaired) electrons. The molecule has 2 N–H and O–H groups in total. The van der Waals surface area contributed by atoms with Gasteiger partial charge in [-0.1, -0.05) is 101 Å². The van der Waals surface area contributed by atoms with Crippen molar-refractivity contribution in [2.75, 3.05) is 0 Å². The first kappa shape index (κ1) is 28.6. The van der Waals surface area contributed by atoms with Crippen molar-refractivity contribution in [2.24, 2.45) is 0 Å². The molecule has 0 aliphatic carbocycles. The van der Waals surface area contributed by atoms with Gasteiger partial charge in [-0.2, -0.15) is 5.26 Å². The van der Waals surface area contributed by atoms with Crippen molar-refractivity contribution in [3.8, 4) is 28.6 Å². The maximum absolute atomic E-state index is 12.6. The number of aromatic amines is 2. The predicted molar refractivity (Wildman–Crippen MR) is 167 cm³/mol. The summed E-state index contributed by atoms with van der Waals surface area (Å²) >= 11 is 2.78. The molecule has 0 unspecified atom stereocenters. The van der Waals surface area contributed by atoms with E-state index in [0.717, 1.165) is 33.4 Å². The second-order valence-electron chi connectivity index (χ2n) is 9.52. The second kappa shape index (κ2) is 12.7. The average molecular weight is 589 g/mol. The standard InChI is InChI=1S/C32H24N6O2S2/c1-19-6-4-8-23(14-19)26-25(16-33)29(39)37-31(35-26)41-17-21-10-12-22(13-11-21)18-42-32-36-27(28(34-3)30(40)38-32)24-9-5-7-20(2)15-24/h4-15H,17-18H2,1-2H3,(H,35,37,39)(H,36,38,40). The third kappa shape index (κ3) is 6.52. The van der Waals surface area contributed by atoms with Gasteiger partial charge in [0.15, 0.2) is 10.3 Å². The molecule has 0 saturated carbocycles. The largest absolute Gasteiger partial charge is 0.311 e. The topological polar surface area (TPSA) is 120 Å². The summed E-state index contributed by atoms with van der Waals surface area (Å²) in [6.07, 6.45) is 0. The molecule has 0 amide bonds. The van der Waals surface area contributed by atoms with Gasteiger partial charge >= 0.3 is 0 Å². The molecule has 0 saturated heterocycles. The van der Waals surface area contributed by atoms with Gasteiger partial charge in [-0.15, -0.1) is 0 Å². The fraction of sp³-hybridized carbons (Fsp3) is 0.125. The summed E-state index contributed by atoms with van der Waals surface area (Å²) in [6.45, 7) is 11.4. The summed E-state index contributed by atoms with van der Waals surface area (Å²) in [6, 6.07) is 25.2. The maximum Gasteiger partial charge on any atom is 0.276 e. The first-order valence-electron chi connectivity index (χ1n) is 12.9. The SMILES string of the molecule is [C-]#[N+]c1c(-c2cccc(C)c2)nc(SCc2ccc(CSc3nc(-c4cccc(C)c4)c(C#N)c(=O)[nH]3)cc2)[nH]c1=O. The first-order valence-corrected chi connectivity index (χ1v) is 14.9. The summed E-state index contributed by atoms with van der Waals surface area (Å²) in [5, 5.41) is 10.4. The van der Waals surface area contributed by atoms with Gasteiger partial charge in [0.2, 0.25) is 0 Å². The van der Waals surface area contributed by atoms with E-state index in [1.807, 2.05) is 92.7 Å². The monoisotopic (exact) mass is 588 g/mol. The van der Waals surface area contributed by atoms with E-state index in [-0.39, 0.29) is 11.3 Å². The number of aryl methyl sites for hydroxylation is 2. The molecule has 0 aliphatic heterocycles. The van der Waals surface area contributed by atoms with E-state index in [1.165, 1.54) is 23.5 Å².